The van der Waals surface area contributed by atoms with E-state index in [0.717, 1.165) is 6.54 Å². The highest BCUT2D eigenvalue weighted by atomic mass is 16.3. The number of carbonyl (C=O) groups is 2. The number of amides is 3. The molecule has 1 aliphatic heterocycles. The highest BCUT2D eigenvalue weighted by molar-refractivity contribution is 5.93. The Morgan fingerprint density at radius 3 is 2.73 bits per heavy atom. The molecule has 6 nitrogen and oxygen atoms in total. The number of carbonyl (C=O) groups excluding carboxylic acids is 2. The summed E-state index contributed by atoms with van der Waals surface area (Å²) in [4.78, 5) is 23.4. The quantitative estimate of drug-likeness (QED) is 0.564. The summed E-state index contributed by atoms with van der Waals surface area (Å²) in [7, 11) is 0. The first-order chi connectivity index (χ1) is 6.89. The molecule has 3 amide bonds. The van der Waals surface area contributed by atoms with Crippen molar-refractivity contribution in [3.63, 3.8) is 0 Å². The van der Waals surface area contributed by atoms with Gasteiger partial charge in [-0.1, -0.05) is 0 Å². The first-order valence-electron chi connectivity index (χ1n) is 4.93. The fourth-order valence-electron chi connectivity index (χ4n) is 1.69. The Balaban J connectivity index is 2.21. The maximum atomic E-state index is 11.1. The molecule has 0 aromatic heterocycles. The molecular weight excluding hydrogens is 198 g/mol. The SMILES string of the molecule is CC1(O)CCN(CCC(=O)NC(N)=O)C1. The van der Waals surface area contributed by atoms with Crippen LogP contribution in [0, 0.1) is 0 Å². The molecule has 1 heterocycles. The second kappa shape index (κ2) is 4.59. The van der Waals surface area contributed by atoms with Crippen molar-refractivity contribution in [1.29, 1.82) is 0 Å². The van der Waals surface area contributed by atoms with Gasteiger partial charge in [-0.3, -0.25) is 15.0 Å². The van der Waals surface area contributed by atoms with E-state index in [4.69, 9.17) is 5.73 Å². The zero-order valence-electron chi connectivity index (χ0n) is 8.82. The van der Waals surface area contributed by atoms with Gasteiger partial charge >= 0.3 is 6.03 Å². The summed E-state index contributed by atoms with van der Waals surface area (Å²) in [6.45, 7) is 3.65. The molecule has 1 unspecified atom stereocenters. The van der Waals surface area contributed by atoms with E-state index in [1.165, 1.54) is 0 Å². The molecule has 1 aliphatic rings. The van der Waals surface area contributed by atoms with Gasteiger partial charge in [0.1, 0.15) is 0 Å². The molecular formula is C9H17N3O3. The van der Waals surface area contributed by atoms with Gasteiger partial charge in [0.05, 0.1) is 5.60 Å². The molecule has 6 heteroatoms. The smallest absolute Gasteiger partial charge is 0.318 e. The van der Waals surface area contributed by atoms with Crippen LogP contribution in [-0.2, 0) is 4.79 Å². The van der Waals surface area contributed by atoms with Crippen molar-refractivity contribution in [2.45, 2.75) is 25.4 Å². The lowest BCUT2D eigenvalue weighted by molar-refractivity contribution is -0.120. The topological polar surface area (TPSA) is 95.7 Å². The van der Waals surface area contributed by atoms with Gasteiger partial charge in [-0.05, 0) is 13.3 Å². The number of hydrogen-bond acceptors (Lipinski definition) is 4. The minimum Gasteiger partial charge on any atom is -0.389 e. The lowest BCUT2D eigenvalue weighted by Gasteiger charge is -2.18. The number of imide groups is 1. The van der Waals surface area contributed by atoms with Crippen molar-refractivity contribution in [1.82, 2.24) is 10.2 Å². The van der Waals surface area contributed by atoms with Gasteiger partial charge in [0.15, 0.2) is 0 Å². The van der Waals surface area contributed by atoms with Crippen LogP contribution in [0.5, 0.6) is 0 Å². The minimum absolute atomic E-state index is 0.221. The summed E-state index contributed by atoms with van der Waals surface area (Å²) in [5.74, 6) is -0.381. The highest BCUT2D eigenvalue weighted by Gasteiger charge is 2.30. The van der Waals surface area contributed by atoms with Crippen LogP contribution in [0.4, 0.5) is 4.79 Å². The summed E-state index contributed by atoms with van der Waals surface area (Å²) >= 11 is 0. The third-order valence-corrected chi connectivity index (χ3v) is 2.45. The van der Waals surface area contributed by atoms with Crippen LogP contribution < -0.4 is 11.1 Å². The van der Waals surface area contributed by atoms with Crippen molar-refractivity contribution in [2.75, 3.05) is 19.6 Å². The van der Waals surface area contributed by atoms with Crippen LogP contribution in [0.2, 0.25) is 0 Å². The molecule has 0 aromatic rings. The number of nitrogens with one attached hydrogen (secondary N) is 1. The Labute approximate surface area is 88.4 Å². The van der Waals surface area contributed by atoms with Gasteiger partial charge in [0.25, 0.3) is 0 Å². The summed E-state index contributed by atoms with van der Waals surface area (Å²) in [5, 5.41) is 11.7. The summed E-state index contributed by atoms with van der Waals surface area (Å²) in [5.41, 5.74) is 4.14. The molecule has 15 heavy (non-hydrogen) atoms. The van der Waals surface area contributed by atoms with Crippen LogP contribution in [0.1, 0.15) is 19.8 Å². The number of nitrogens with zero attached hydrogens (tertiary/aromatic N) is 1. The van der Waals surface area contributed by atoms with Crippen LogP contribution in [-0.4, -0.2) is 47.2 Å². The van der Waals surface area contributed by atoms with E-state index in [0.29, 0.717) is 19.5 Å². The summed E-state index contributed by atoms with van der Waals surface area (Å²) < 4.78 is 0. The third-order valence-electron chi connectivity index (χ3n) is 2.45. The lowest BCUT2D eigenvalue weighted by atomic mass is 10.1. The van der Waals surface area contributed by atoms with Gasteiger partial charge < -0.3 is 10.8 Å². The molecule has 86 valence electrons. The largest absolute Gasteiger partial charge is 0.389 e. The van der Waals surface area contributed by atoms with E-state index in [1.807, 2.05) is 10.2 Å². The number of urea groups is 1. The standard InChI is InChI=1S/C9H17N3O3/c1-9(15)3-5-12(6-9)4-2-7(13)11-8(10)14/h15H,2-6H2,1H3,(H3,10,11,13,14). The van der Waals surface area contributed by atoms with Crippen LogP contribution >= 0.6 is 0 Å². The molecule has 0 aromatic carbocycles. The molecule has 1 rings (SSSR count). The molecule has 1 saturated heterocycles. The number of primary amides is 1. The second-order valence-corrected chi connectivity index (χ2v) is 4.19. The molecule has 0 bridgehead atoms. The van der Waals surface area contributed by atoms with E-state index < -0.39 is 11.6 Å². The van der Waals surface area contributed by atoms with E-state index in [2.05, 4.69) is 0 Å². The number of rotatable bonds is 3. The van der Waals surface area contributed by atoms with Crippen LogP contribution in [0.25, 0.3) is 0 Å². The average molecular weight is 215 g/mol. The van der Waals surface area contributed by atoms with Crippen molar-refractivity contribution in [3.05, 3.63) is 0 Å². The molecule has 0 radical (unpaired) electrons. The van der Waals surface area contributed by atoms with Crippen LogP contribution in [0.15, 0.2) is 0 Å². The predicted octanol–water partition coefficient (Wildman–Crippen LogP) is -0.972. The zero-order chi connectivity index (χ0) is 11.5. The Hall–Kier alpha value is -1.14. The first-order valence-corrected chi connectivity index (χ1v) is 4.93. The number of β-amino-alcohol motifs (C(OH)–C–C–N with tert-alkyl or cyclic N) is 1. The fourth-order valence-corrected chi connectivity index (χ4v) is 1.69. The molecule has 1 fully saturated rings. The average Bonchev–Trinajstić information content (AvgIpc) is 2.41. The molecule has 0 saturated carbocycles. The van der Waals surface area contributed by atoms with E-state index in [1.54, 1.807) is 6.92 Å². The van der Waals surface area contributed by atoms with Gasteiger partial charge in [-0.2, -0.15) is 0 Å². The number of aliphatic hydroxyl groups is 1. The van der Waals surface area contributed by atoms with Gasteiger partial charge in [-0.25, -0.2) is 4.79 Å². The van der Waals surface area contributed by atoms with Crippen molar-refractivity contribution >= 4 is 11.9 Å². The maximum Gasteiger partial charge on any atom is 0.318 e. The van der Waals surface area contributed by atoms with Gasteiger partial charge in [-0.15, -0.1) is 0 Å². The molecule has 0 spiro atoms. The van der Waals surface area contributed by atoms with Gasteiger partial charge in [0.2, 0.25) is 5.91 Å². The summed E-state index contributed by atoms with van der Waals surface area (Å²) in [6.07, 6.45) is 0.934. The summed E-state index contributed by atoms with van der Waals surface area (Å²) in [6, 6.07) is -0.826. The van der Waals surface area contributed by atoms with E-state index >= 15 is 0 Å². The van der Waals surface area contributed by atoms with Crippen molar-refractivity contribution in [2.24, 2.45) is 5.73 Å². The van der Waals surface area contributed by atoms with E-state index in [9.17, 15) is 14.7 Å². The van der Waals surface area contributed by atoms with Gasteiger partial charge in [0, 0.05) is 26.1 Å². The minimum atomic E-state index is -0.826. The van der Waals surface area contributed by atoms with E-state index in [-0.39, 0.29) is 12.3 Å². The highest BCUT2D eigenvalue weighted by Crippen LogP contribution is 2.19. The Morgan fingerprint density at radius 1 is 1.60 bits per heavy atom. The Bertz CT molecular complexity index is 265. The molecule has 4 N–H and O–H groups in total. The number of likely N-dealkylation sites (tertiary alicyclic amines) is 1. The van der Waals surface area contributed by atoms with Crippen molar-refractivity contribution in [3.8, 4) is 0 Å². The number of hydrogen-bond donors (Lipinski definition) is 3. The normalized spacial score (nSPS) is 26.5. The monoisotopic (exact) mass is 215 g/mol. The first kappa shape index (κ1) is 11.9. The predicted molar refractivity (Wildman–Crippen MR) is 54.0 cm³/mol. The molecule has 1 atom stereocenters. The fraction of sp³-hybridized carbons (Fsp3) is 0.778. The zero-order valence-corrected chi connectivity index (χ0v) is 8.82. The maximum absolute atomic E-state index is 11.1. The van der Waals surface area contributed by atoms with Crippen LogP contribution in [0.3, 0.4) is 0 Å². The van der Waals surface area contributed by atoms with Crippen molar-refractivity contribution < 1.29 is 14.7 Å². The Morgan fingerprint density at radius 2 is 2.27 bits per heavy atom. The lowest BCUT2D eigenvalue weighted by Crippen LogP contribution is -2.37. The Kier molecular flexibility index (Phi) is 3.65. The second-order valence-electron chi connectivity index (χ2n) is 4.19. The molecule has 0 aliphatic carbocycles. The third kappa shape index (κ3) is 4.26. The number of nitrogens with two attached hydrogens (primary N) is 1.